The molecule has 0 spiro atoms. The Morgan fingerprint density at radius 3 is 2.55 bits per heavy atom. The van der Waals surface area contributed by atoms with E-state index >= 15 is 0 Å². The van der Waals surface area contributed by atoms with Crippen molar-refractivity contribution in [1.82, 2.24) is 5.32 Å². The zero-order valence-corrected chi connectivity index (χ0v) is 12.7. The Morgan fingerprint density at radius 1 is 1.30 bits per heavy atom. The molecule has 1 aromatic rings. The second-order valence-corrected chi connectivity index (χ2v) is 7.54. The van der Waals surface area contributed by atoms with Gasteiger partial charge in [0, 0.05) is 24.6 Å². The van der Waals surface area contributed by atoms with E-state index in [1.165, 1.54) is 11.4 Å². The number of aliphatic carboxylic acids is 1. The fraction of sp³-hybridized carbons (Fsp3) is 0.500. The highest BCUT2D eigenvalue weighted by atomic mass is 32.2. The van der Waals surface area contributed by atoms with Crippen LogP contribution in [0.5, 0.6) is 0 Å². The maximum Gasteiger partial charge on any atom is 0.303 e. The summed E-state index contributed by atoms with van der Waals surface area (Å²) in [5.74, 6) is -1.13. The molecule has 1 amide bonds. The van der Waals surface area contributed by atoms with Gasteiger partial charge in [0.25, 0.3) is 5.91 Å². The van der Waals surface area contributed by atoms with Crippen molar-refractivity contribution in [2.45, 2.75) is 29.9 Å². The number of thiophene rings is 1. The van der Waals surface area contributed by atoms with Crippen LogP contribution in [0.3, 0.4) is 0 Å². The average molecular weight is 319 g/mol. The minimum Gasteiger partial charge on any atom is -0.481 e. The van der Waals surface area contributed by atoms with E-state index in [2.05, 4.69) is 5.32 Å². The minimum atomic E-state index is -3.27. The average Bonchev–Trinajstić information content (AvgIpc) is 2.82. The molecule has 1 heterocycles. The van der Waals surface area contributed by atoms with E-state index in [0.717, 1.165) is 24.0 Å². The number of carboxylic acids is 1. The second-order valence-electron chi connectivity index (χ2n) is 4.39. The predicted molar refractivity (Wildman–Crippen MR) is 75.9 cm³/mol. The van der Waals surface area contributed by atoms with Crippen LogP contribution in [0.25, 0.3) is 0 Å². The Balaban J connectivity index is 2.33. The van der Waals surface area contributed by atoms with Gasteiger partial charge in [0.1, 0.15) is 4.21 Å². The van der Waals surface area contributed by atoms with Crippen LogP contribution in [0.15, 0.2) is 15.7 Å². The molecule has 1 rings (SSSR count). The largest absolute Gasteiger partial charge is 0.481 e. The number of carboxylic acid groups (broad SMARTS) is 1. The fourth-order valence-corrected chi connectivity index (χ4v) is 3.31. The molecule has 0 fully saturated rings. The number of carbonyl (C=O) groups is 2. The van der Waals surface area contributed by atoms with Crippen LogP contribution in [0.2, 0.25) is 0 Å². The number of nitrogens with one attached hydrogen (secondary N) is 1. The maximum atomic E-state index is 11.7. The Labute approximate surface area is 121 Å². The van der Waals surface area contributed by atoms with Gasteiger partial charge in [-0.2, -0.15) is 0 Å². The van der Waals surface area contributed by atoms with Crippen molar-refractivity contribution in [3.8, 4) is 0 Å². The molecule has 0 atom stereocenters. The van der Waals surface area contributed by atoms with Gasteiger partial charge in [0.2, 0.25) is 0 Å². The molecule has 0 radical (unpaired) electrons. The van der Waals surface area contributed by atoms with E-state index in [9.17, 15) is 18.0 Å². The number of sulfone groups is 1. The zero-order chi connectivity index (χ0) is 15.2. The lowest BCUT2D eigenvalue weighted by Crippen LogP contribution is -2.23. The van der Waals surface area contributed by atoms with Gasteiger partial charge in [0.15, 0.2) is 9.84 Å². The van der Waals surface area contributed by atoms with Gasteiger partial charge < -0.3 is 10.4 Å². The molecule has 0 aromatic carbocycles. The van der Waals surface area contributed by atoms with Crippen LogP contribution in [0, 0.1) is 0 Å². The normalized spacial score (nSPS) is 11.2. The van der Waals surface area contributed by atoms with Crippen LogP contribution in [-0.4, -0.2) is 38.2 Å². The third kappa shape index (κ3) is 5.70. The maximum absolute atomic E-state index is 11.7. The molecule has 0 aliphatic carbocycles. The van der Waals surface area contributed by atoms with Crippen LogP contribution >= 0.6 is 11.3 Å². The van der Waals surface area contributed by atoms with Gasteiger partial charge >= 0.3 is 5.97 Å². The van der Waals surface area contributed by atoms with E-state index in [1.807, 2.05) is 0 Å². The SMILES string of the molecule is CS(=O)(=O)c1cc(C(=O)NCCCCCC(=O)O)cs1. The van der Waals surface area contributed by atoms with Crippen molar-refractivity contribution >= 4 is 33.1 Å². The number of unbranched alkanes of at least 4 members (excludes halogenated alkanes) is 2. The highest BCUT2D eigenvalue weighted by Crippen LogP contribution is 2.19. The summed E-state index contributed by atoms with van der Waals surface area (Å²) in [5, 5.41) is 12.6. The third-order valence-corrected chi connectivity index (χ3v) is 5.32. The first-order valence-corrected chi connectivity index (χ1v) is 8.86. The summed E-state index contributed by atoms with van der Waals surface area (Å²) in [6.45, 7) is 0.447. The summed E-state index contributed by atoms with van der Waals surface area (Å²) >= 11 is 1.02. The molecular formula is C12H17NO5S2. The second kappa shape index (κ2) is 7.39. The number of hydrogen-bond donors (Lipinski definition) is 2. The van der Waals surface area contributed by atoms with Crippen molar-refractivity contribution < 1.29 is 23.1 Å². The van der Waals surface area contributed by atoms with Crippen LogP contribution in [0.1, 0.15) is 36.0 Å². The van der Waals surface area contributed by atoms with Gasteiger partial charge in [0.05, 0.1) is 5.56 Å². The van der Waals surface area contributed by atoms with E-state index in [1.54, 1.807) is 0 Å². The van der Waals surface area contributed by atoms with Crippen LogP contribution in [-0.2, 0) is 14.6 Å². The Morgan fingerprint density at radius 2 is 2.00 bits per heavy atom. The fourth-order valence-electron chi connectivity index (χ4n) is 1.51. The van der Waals surface area contributed by atoms with Crippen molar-refractivity contribution in [3.05, 3.63) is 17.0 Å². The Bertz CT molecular complexity index is 576. The molecule has 0 aliphatic rings. The molecule has 0 bridgehead atoms. The summed E-state index contributed by atoms with van der Waals surface area (Å²) in [4.78, 5) is 22.0. The molecule has 8 heteroatoms. The monoisotopic (exact) mass is 319 g/mol. The molecule has 0 saturated heterocycles. The Hall–Kier alpha value is -1.41. The summed E-state index contributed by atoms with van der Waals surface area (Å²) in [6, 6.07) is 1.36. The van der Waals surface area contributed by atoms with E-state index in [0.29, 0.717) is 24.9 Å². The number of carbonyl (C=O) groups excluding carboxylic acids is 1. The summed E-state index contributed by atoms with van der Waals surface area (Å²) in [5.41, 5.74) is 0.334. The highest BCUT2D eigenvalue weighted by Gasteiger charge is 2.14. The molecule has 0 saturated carbocycles. The zero-order valence-electron chi connectivity index (χ0n) is 11.1. The molecule has 2 N–H and O–H groups in total. The highest BCUT2D eigenvalue weighted by molar-refractivity contribution is 7.92. The van der Waals surface area contributed by atoms with Crippen molar-refractivity contribution in [2.75, 3.05) is 12.8 Å². The first kappa shape index (κ1) is 16.6. The molecule has 0 aliphatic heterocycles. The van der Waals surface area contributed by atoms with Crippen molar-refractivity contribution in [3.63, 3.8) is 0 Å². The van der Waals surface area contributed by atoms with Gasteiger partial charge in [-0.05, 0) is 18.9 Å². The molecule has 20 heavy (non-hydrogen) atoms. The van der Waals surface area contributed by atoms with Crippen molar-refractivity contribution in [2.24, 2.45) is 0 Å². The van der Waals surface area contributed by atoms with Gasteiger partial charge in [-0.1, -0.05) is 6.42 Å². The molecule has 1 aromatic heterocycles. The topological polar surface area (TPSA) is 101 Å². The molecule has 0 unspecified atom stereocenters. The summed E-state index contributed by atoms with van der Waals surface area (Å²) in [7, 11) is -3.27. The molecule has 6 nitrogen and oxygen atoms in total. The van der Waals surface area contributed by atoms with Gasteiger partial charge in [-0.15, -0.1) is 11.3 Å². The smallest absolute Gasteiger partial charge is 0.303 e. The lowest BCUT2D eigenvalue weighted by atomic mass is 10.2. The van der Waals surface area contributed by atoms with E-state index in [4.69, 9.17) is 5.11 Å². The van der Waals surface area contributed by atoms with E-state index < -0.39 is 15.8 Å². The summed E-state index contributed by atoms with van der Waals surface area (Å²) in [6.07, 6.45) is 3.24. The van der Waals surface area contributed by atoms with E-state index in [-0.39, 0.29) is 16.5 Å². The Kier molecular flexibility index (Phi) is 6.15. The summed E-state index contributed by atoms with van der Waals surface area (Å²) < 4.78 is 22.7. The molecule has 112 valence electrons. The van der Waals surface area contributed by atoms with Crippen LogP contribution < -0.4 is 5.32 Å². The minimum absolute atomic E-state index is 0.135. The standard InChI is InChI=1S/C12H17NO5S2/c1-20(17,18)11-7-9(8-19-11)12(16)13-6-4-2-3-5-10(14)15/h7-8H,2-6H2,1H3,(H,13,16)(H,14,15). The third-order valence-electron chi connectivity index (χ3n) is 2.56. The lowest BCUT2D eigenvalue weighted by Gasteiger charge is -2.03. The number of rotatable bonds is 8. The van der Waals surface area contributed by atoms with Gasteiger partial charge in [-0.25, -0.2) is 8.42 Å². The molecular weight excluding hydrogens is 302 g/mol. The first-order chi connectivity index (χ1) is 9.30. The van der Waals surface area contributed by atoms with Gasteiger partial charge in [-0.3, -0.25) is 9.59 Å². The van der Waals surface area contributed by atoms with Crippen LogP contribution in [0.4, 0.5) is 0 Å². The number of amides is 1. The first-order valence-electron chi connectivity index (χ1n) is 6.09. The lowest BCUT2D eigenvalue weighted by molar-refractivity contribution is -0.137. The predicted octanol–water partition coefficient (Wildman–Crippen LogP) is 1.53. The quantitative estimate of drug-likeness (QED) is 0.708. The van der Waals surface area contributed by atoms with Crippen molar-refractivity contribution in [1.29, 1.82) is 0 Å². The number of hydrogen-bond acceptors (Lipinski definition) is 5.